The summed E-state index contributed by atoms with van der Waals surface area (Å²) in [7, 11) is 6.66. The standard InChI is InChI=1S/C80H68N4O6Si/c1-53-9-13-55(14-10-53)81(57-17-33-67(85-3)34-18-57)63-29-45-73-75-47-31-65(83(59-21-37-69(87-5)38-22-59)60-23-39-70(88-6)40-24-60)51-79(75)91(77(73)49-63)78-50-64(82(56-15-11-54(2)12-16-56)58-19-35-68(86-4)36-20-58)30-46-74(78)76-48-32-66(52-80(76)91)84(61-25-41-71(89-7)42-26-61)62-27-43-72(90-8)44-28-62/h9-52H,1-8H3. The molecule has 0 N–H and O–H groups in total. The van der Waals surface area contributed by atoms with Gasteiger partial charge in [-0.25, -0.2) is 0 Å². The largest absolute Gasteiger partial charge is 0.497 e. The monoisotopic (exact) mass is 1210 g/mol. The van der Waals surface area contributed by atoms with Gasteiger partial charge in [-0.1, -0.05) is 59.7 Å². The average molecular weight is 1210 g/mol. The second kappa shape index (κ2) is 24.1. The Labute approximate surface area is 533 Å². The highest BCUT2D eigenvalue weighted by atomic mass is 28.3. The molecule has 0 radical (unpaired) electrons. The summed E-state index contributed by atoms with van der Waals surface area (Å²) in [5.74, 6) is 4.68. The van der Waals surface area contributed by atoms with Gasteiger partial charge in [-0.15, -0.1) is 0 Å². The van der Waals surface area contributed by atoms with Gasteiger partial charge in [0.15, 0.2) is 8.07 Å². The van der Waals surface area contributed by atoms with Crippen molar-refractivity contribution in [3.8, 4) is 56.8 Å². The fraction of sp³-hybridized carbons (Fsp3) is 0.100. The number of rotatable bonds is 18. The maximum Gasteiger partial charge on any atom is 0.182 e. The second-order valence-electron chi connectivity index (χ2n) is 22.9. The zero-order valence-corrected chi connectivity index (χ0v) is 53.1. The Morgan fingerprint density at radius 1 is 0.198 bits per heavy atom. The fourth-order valence-electron chi connectivity index (χ4n) is 13.3. The Morgan fingerprint density at radius 2 is 0.352 bits per heavy atom. The van der Waals surface area contributed by atoms with Crippen molar-refractivity contribution >= 4 is 97.1 Å². The molecule has 0 atom stereocenters. The smallest absolute Gasteiger partial charge is 0.182 e. The molecular formula is C80H68N4O6Si. The van der Waals surface area contributed by atoms with E-state index in [0.29, 0.717) is 0 Å². The Bertz CT molecular complexity index is 4210. The lowest BCUT2D eigenvalue weighted by atomic mass is 10.0. The zero-order valence-electron chi connectivity index (χ0n) is 52.1. The third kappa shape index (κ3) is 10.3. The van der Waals surface area contributed by atoms with E-state index in [1.807, 2.05) is 72.8 Å². The Morgan fingerprint density at radius 3 is 0.516 bits per heavy atom. The summed E-state index contributed by atoms with van der Waals surface area (Å²) in [5, 5.41) is 5.11. The van der Waals surface area contributed by atoms with E-state index >= 15 is 0 Å². The van der Waals surface area contributed by atoms with Crippen molar-refractivity contribution in [2.24, 2.45) is 0 Å². The van der Waals surface area contributed by atoms with Gasteiger partial charge in [0.2, 0.25) is 0 Å². The quantitative estimate of drug-likeness (QED) is 0.0776. The normalized spacial score (nSPS) is 12.0. The lowest BCUT2D eigenvalue weighted by molar-refractivity contribution is 0.414. The van der Waals surface area contributed by atoms with E-state index in [0.717, 1.165) is 103 Å². The number of anilines is 12. The molecule has 0 fully saturated rings. The first kappa shape index (κ1) is 57.6. The molecule has 12 aromatic rings. The van der Waals surface area contributed by atoms with Crippen molar-refractivity contribution in [2.75, 3.05) is 62.3 Å². The van der Waals surface area contributed by atoms with Crippen molar-refractivity contribution in [2.45, 2.75) is 13.8 Å². The first-order valence-electron chi connectivity index (χ1n) is 30.4. The van der Waals surface area contributed by atoms with Crippen LogP contribution in [0.5, 0.6) is 34.5 Å². The van der Waals surface area contributed by atoms with Gasteiger partial charge in [0.25, 0.3) is 0 Å². The van der Waals surface area contributed by atoms with Crippen LogP contribution < -0.4 is 68.8 Å². The maximum atomic E-state index is 5.76. The Hall–Kier alpha value is -11.1. The van der Waals surface area contributed by atoms with Crippen LogP contribution in [0.1, 0.15) is 11.1 Å². The predicted molar refractivity (Wildman–Crippen MR) is 376 cm³/mol. The minimum absolute atomic E-state index is 0.776. The van der Waals surface area contributed by atoms with E-state index in [1.54, 1.807) is 42.7 Å². The summed E-state index contributed by atoms with van der Waals surface area (Å²) in [6, 6.07) is 96.4. The first-order chi connectivity index (χ1) is 44.6. The molecule has 0 aromatic heterocycles. The molecule has 2 aliphatic rings. The SMILES string of the molecule is COc1ccc(N(c2ccc(C)cc2)c2ccc3c(c2)[Si]2(c4cc(N(c5ccc(C)cc5)c5ccc(OC)cc5)ccc4-c4ccc(N(c5ccc(OC)cc5)c5ccc(OC)cc5)cc42)c2cc(N(c4ccc(OC)cc4)c4ccc(OC)cc4)ccc2-3)cc1. The van der Waals surface area contributed by atoms with Gasteiger partial charge in [-0.05, 0) is 275 Å². The lowest BCUT2D eigenvalue weighted by Gasteiger charge is -2.33. The molecule has 0 amide bonds. The van der Waals surface area contributed by atoms with Crippen molar-refractivity contribution in [3.63, 3.8) is 0 Å². The number of ether oxygens (including phenoxy) is 6. The number of aryl methyl sites for hydroxylation is 2. The molecule has 11 heteroatoms. The lowest BCUT2D eigenvalue weighted by Crippen LogP contribution is -2.71. The van der Waals surface area contributed by atoms with E-state index in [4.69, 9.17) is 28.4 Å². The summed E-state index contributed by atoms with van der Waals surface area (Å²) in [6.45, 7) is 4.28. The van der Waals surface area contributed by atoms with Crippen molar-refractivity contribution in [3.05, 3.63) is 278 Å². The Kier molecular flexibility index (Phi) is 15.2. The van der Waals surface area contributed by atoms with Crippen molar-refractivity contribution < 1.29 is 28.4 Å². The minimum atomic E-state index is -3.60. The molecule has 0 aliphatic carbocycles. The molecule has 10 nitrogen and oxygen atoms in total. The van der Waals surface area contributed by atoms with Crippen molar-refractivity contribution in [1.29, 1.82) is 0 Å². The number of fused-ring (bicyclic) bond motifs is 10. The van der Waals surface area contributed by atoms with Crippen LogP contribution >= 0.6 is 0 Å². The Balaban J connectivity index is 1.10. The summed E-state index contributed by atoms with van der Waals surface area (Å²) in [4.78, 5) is 9.46. The molecule has 2 aliphatic heterocycles. The van der Waals surface area contributed by atoms with Crippen LogP contribution in [0.15, 0.2) is 267 Å². The number of nitrogens with zero attached hydrogens (tertiary/aromatic N) is 4. The molecule has 0 saturated carbocycles. The van der Waals surface area contributed by atoms with E-state index in [-0.39, 0.29) is 0 Å². The summed E-state index contributed by atoms with van der Waals surface area (Å²) < 4.78 is 34.5. The van der Waals surface area contributed by atoms with Gasteiger partial charge in [0.1, 0.15) is 34.5 Å². The van der Waals surface area contributed by atoms with Gasteiger partial charge >= 0.3 is 0 Å². The van der Waals surface area contributed by atoms with Crippen LogP contribution in [0.4, 0.5) is 68.2 Å². The highest BCUT2D eigenvalue weighted by Crippen LogP contribution is 2.47. The third-order valence-electron chi connectivity index (χ3n) is 17.8. The molecule has 14 rings (SSSR count). The van der Waals surface area contributed by atoms with Crippen LogP contribution in [-0.2, 0) is 0 Å². The average Bonchev–Trinajstić information content (AvgIpc) is 1.51. The third-order valence-corrected chi connectivity index (χ3v) is 22.7. The zero-order chi connectivity index (χ0) is 62.3. The molecular weight excluding hydrogens is 1140 g/mol. The van der Waals surface area contributed by atoms with Gasteiger partial charge in [-0.2, -0.15) is 0 Å². The van der Waals surface area contributed by atoms with Crippen LogP contribution in [0.3, 0.4) is 0 Å². The first-order valence-corrected chi connectivity index (χ1v) is 32.4. The summed E-state index contributed by atoms with van der Waals surface area (Å²) in [6.07, 6.45) is 0. The predicted octanol–water partition coefficient (Wildman–Crippen LogP) is 17.6. The molecule has 2 heterocycles. The minimum Gasteiger partial charge on any atom is -0.497 e. The molecule has 0 saturated heterocycles. The number of methoxy groups -OCH3 is 6. The highest BCUT2D eigenvalue weighted by molar-refractivity contribution is 7.24. The van der Waals surface area contributed by atoms with Gasteiger partial charge in [-0.3, -0.25) is 0 Å². The number of benzene rings is 12. The van der Waals surface area contributed by atoms with Gasteiger partial charge in [0.05, 0.1) is 42.7 Å². The summed E-state index contributed by atoms with van der Waals surface area (Å²) >= 11 is 0. The topological polar surface area (TPSA) is 68.3 Å². The fourth-order valence-corrected chi connectivity index (χ4v) is 19.0. The number of hydrogen-bond acceptors (Lipinski definition) is 10. The van der Waals surface area contributed by atoms with E-state index < -0.39 is 8.07 Å². The molecule has 0 unspecified atom stereocenters. The molecule has 448 valence electrons. The summed E-state index contributed by atoms with van der Waals surface area (Å²) in [5.41, 5.74) is 19.2. The highest BCUT2D eigenvalue weighted by Gasteiger charge is 2.55. The number of hydrogen-bond donors (Lipinski definition) is 0. The van der Waals surface area contributed by atoms with E-state index in [9.17, 15) is 0 Å². The molecule has 12 aromatic carbocycles. The van der Waals surface area contributed by atoms with E-state index in [2.05, 4.69) is 228 Å². The molecule has 1 spiro atoms. The van der Waals surface area contributed by atoms with Crippen LogP contribution in [-0.4, -0.2) is 50.7 Å². The maximum absolute atomic E-state index is 5.76. The van der Waals surface area contributed by atoms with E-state index in [1.165, 1.54) is 54.1 Å². The van der Waals surface area contributed by atoms with Crippen LogP contribution in [0, 0.1) is 13.8 Å². The van der Waals surface area contributed by atoms with Gasteiger partial charge < -0.3 is 48.0 Å². The van der Waals surface area contributed by atoms with Crippen LogP contribution in [0.2, 0.25) is 0 Å². The van der Waals surface area contributed by atoms with Crippen LogP contribution in [0.25, 0.3) is 22.3 Å². The molecule has 0 bridgehead atoms. The van der Waals surface area contributed by atoms with Crippen molar-refractivity contribution in [1.82, 2.24) is 0 Å². The van der Waals surface area contributed by atoms with Gasteiger partial charge in [0, 0.05) is 68.2 Å². The molecule has 91 heavy (non-hydrogen) atoms. The second-order valence-corrected chi connectivity index (χ2v) is 26.5.